The van der Waals surface area contributed by atoms with E-state index < -0.39 is 0 Å². The van der Waals surface area contributed by atoms with Gasteiger partial charge in [-0.2, -0.15) is 0 Å². The van der Waals surface area contributed by atoms with Gasteiger partial charge in [0, 0.05) is 12.6 Å². The Bertz CT molecular complexity index is 392. The summed E-state index contributed by atoms with van der Waals surface area (Å²) < 4.78 is 0. The van der Waals surface area contributed by atoms with Crippen LogP contribution in [0.25, 0.3) is 0 Å². The topological polar surface area (TPSA) is 58.4 Å². The van der Waals surface area contributed by atoms with Gasteiger partial charge in [0.2, 0.25) is 5.91 Å². The molecule has 1 amide bonds. The van der Waals surface area contributed by atoms with E-state index in [1.165, 1.54) is 0 Å². The van der Waals surface area contributed by atoms with Crippen LogP contribution in [0.1, 0.15) is 37.8 Å². The Labute approximate surface area is 122 Å². The highest BCUT2D eigenvalue weighted by Gasteiger charge is 2.24. The lowest BCUT2D eigenvalue weighted by Crippen LogP contribution is -2.45. The van der Waals surface area contributed by atoms with Crippen LogP contribution in [-0.4, -0.2) is 37.5 Å². The van der Waals surface area contributed by atoms with Crippen molar-refractivity contribution in [1.82, 2.24) is 10.2 Å². The van der Waals surface area contributed by atoms with Crippen molar-refractivity contribution in [2.24, 2.45) is 5.73 Å². The molecule has 1 aromatic rings. The van der Waals surface area contributed by atoms with Crippen molar-refractivity contribution in [3.63, 3.8) is 0 Å². The molecule has 2 atom stereocenters. The third-order valence-corrected chi connectivity index (χ3v) is 3.42. The summed E-state index contributed by atoms with van der Waals surface area (Å²) in [7, 11) is 3.83. The first kappa shape index (κ1) is 16.7. The van der Waals surface area contributed by atoms with Gasteiger partial charge in [0.05, 0.1) is 0 Å². The molecule has 112 valence electrons. The van der Waals surface area contributed by atoms with Crippen molar-refractivity contribution >= 4 is 5.91 Å². The molecule has 4 heteroatoms. The van der Waals surface area contributed by atoms with Gasteiger partial charge < -0.3 is 11.1 Å². The van der Waals surface area contributed by atoms with E-state index in [1.54, 1.807) is 0 Å². The maximum atomic E-state index is 12.5. The third-order valence-electron chi connectivity index (χ3n) is 3.42. The van der Waals surface area contributed by atoms with Gasteiger partial charge >= 0.3 is 0 Å². The van der Waals surface area contributed by atoms with Gasteiger partial charge in [0.15, 0.2) is 0 Å². The van der Waals surface area contributed by atoms with Crippen LogP contribution >= 0.6 is 0 Å². The quantitative estimate of drug-likeness (QED) is 0.763. The van der Waals surface area contributed by atoms with E-state index >= 15 is 0 Å². The molecule has 0 bridgehead atoms. The van der Waals surface area contributed by atoms with Crippen LogP contribution in [0.15, 0.2) is 30.3 Å². The summed E-state index contributed by atoms with van der Waals surface area (Å²) in [5.41, 5.74) is 6.75. The van der Waals surface area contributed by atoms with Gasteiger partial charge in [0.25, 0.3) is 0 Å². The van der Waals surface area contributed by atoms with Crippen molar-refractivity contribution < 1.29 is 4.79 Å². The minimum Gasteiger partial charge on any atom is -0.350 e. The molecule has 0 saturated carbocycles. The molecule has 0 aliphatic heterocycles. The predicted octanol–water partition coefficient (Wildman–Crippen LogP) is 1.92. The Morgan fingerprint density at radius 1 is 1.30 bits per heavy atom. The highest BCUT2D eigenvalue weighted by molar-refractivity contribution is 5.83. The predicted molar refractivity (Wildman–Crippen MR) is 83.4 cm³/mol. The highest BCUT2D eigenvalue weighted by Crippen LogP contribution is 2.18. The van der Waals surface area contributed by atoms with Crippen molar-refractivity contribution in [3.8, 4) is 0 Å². The lowest BCUT2D eigenvalue weighted by molar-refractivity contribution is -0.126. The van der Waals surface area contributed by atoms with E-state index in [0.29, 0.717) is 6.54 Å². The van der Waals surface area contributed by atoms with Crippen LogP contribution in [0.5, 0.6) is 0 Å². The summed E-state index contributed by atoms with van der Waals surface area (Å²) in [6, 6.07) is 9.62. The number of nitrogens with zero attached hydrogens (tertiary/aromatic N) is 1. The van der Waals surface area contributed by atoms with Crippen molar-refractivity contribution in [3.05, 3.63) is 35.9 Å². The zero-order valence-corrected chi connectivity index (χ0v) is 12.8. The van der Waals surface area contributed by atoms with Crippen LogP contribution in [0.3, 0.4) is 0 Å². The molecule has 0 aliphatic rings. The van der Waals surface area contributed by atoms with E-state index in [0.717, 1.165) is 24.8 Å². The molecular weight excluding hydrogens is 250 g/mol. The summed E-state index contributed by atoms with van der Waals surface area (Å²) in [5, 5.41) is 3.08. The lowest BCUT2D eigenvalue weighted by atomic mass is 10.0. The van der Waals surface area contributed by atoms with Gasteiger partial charge in [-0.15, -0.1) is 0 Å². The first-order valence-corrected chi connectivity index (χ1v) is 7.32. The zero-order valence-electron chi connectivity index (χ0n) is 12.8. The van der Waals surface area contributed by atoms with Crippen LogP contribution in [0.4, 0.5) is 0 Å². The number of nitrogens with one attached hydrogen (secondary N) is 1. The number of hydrogen-bond acceptors (Lipinski definition) is 3. The molecule has 0 fully saturated rings. The van der Waals surface area contributed by atoms with Gasteiger partial charge in [0.1, 0.15) is 6.04 Å². The number of hydrogen-bond donors (Lipinski definition) is 2. The monoisotopic (exact) mass is 277 g/mol. The molecule has 3 N–H and O–H groups in total. The van der Waals surface area contributed by atoms with Crippen LogP contribution in [-0.2, 0) is 4.79 Å². The summed E-state index contributed by atoms with van der Waals surface area (Å²) >= 11 is 0. The number of amides is 1. The third kappa shape index (κ3) is 4.94. The average Bonchev–Trinajstić information content (AvgIpc) is 2.44. The Morgan fingerprint density at radius 3 is 2.45 bits per heavy atom. The smallest absolute Gasteiger partial charge is 0.242 e. The second-order valence-corrected chi connectivity index (χ2v) is 5.36. The normalized spacial score (nSPS) is 14.1. The molecule has 0 saturated heterocycles. The first-order chi connectivity index (χ1) is 9.60. The molecular formula is C16H27N3O. The second-order valence-electron chi connectivity index (χ2n) is 5.36. The molecule has 4 nitrogen and oxygen atoms in total. The number of unbranched alkanes of at least 4 members (excludes halogenated alkanes) is 1. The Balaban J connectivity index is 2.74. The van der Waals surface area contributed by atoms with Crippen molar-refractivity contribution in [2.75, 3.05) is 20.6 Å². The Morgan fingerprint density at radius 2 is 1.95 bits per heavy atom. The largest absolute Gasteiger partial charge is 0.350 e. The van der Waals surface area contributed by atoms with E-state index in [9.17, 15) is 4.79 Å². The summed E-state index contributed by atoms with van der Waals surface area (Å²) in [4.78, 5) is 14.4. The minimum absolute atomic E-state index is 0.0211. The number of rotatable bonds is 8. The molecule has 1 rings (SSSR count). The van der Waals surface area contributed by atoms with Crippen LogP contribution in [0, 0.1) is 0 Å². The zero-order chi connectivity index (χ0) is 15.0. The number of benzene rings is 1. The van der Waals surface area contributed by atoms with Crippen LogP contribution < -0.4 is 11.1 Å². The second kappa shape index (κ2) is 8.72. The van der Waals surface area contributed by atoms with E-state index in [1.807, 2.05) is 49.3 Å². The maximum absolute atomic E-state index is 12.5. The van der Waals surface area contributed by atoms with Crippen molar-refractivity contribution in [1.29, 1.82) is 0 Å². The molecule has 0 radical (unpaired) electrons. The van der Waals surface area contributed by atoms with Crippen molar-refractivity contribution in [2.45, 2.75) is 38.3 Å². The minimum atomic E-state index is -0.271. The van der Waals surface area contributed by atoms with E-state index in [4.69, 9.17) is 5.73 Å². The average molecular weight is 277 g/mol. The Kier molecular flexibility index (Phi) is 7.26. The summed E-state index contributed by atoms with van der Waals surface area (Å²) in [5.74, 6) is 0.0211. The highest BCUT2D eigenvalue weighted by atomic mass is 16.2. The molecule has 0 heterocycles. The number of nitrogens with two attached hydrogens (primary N) is 1. The number of carbonyl (C=O) groups excluding carboxylic acids is 1. The molecule has 1 aromatic carbocycles. The fourth-order valence-corrected chi connectivity index (χ4v) is 2.30. The van der Waals surface area contributed by atoms with E-state index in [2.05, 4.69) is 12.2 Å². The van der Waals surface area contributed by atoms with Gasteiger partial charge in [-0.1, -0.05) is 50.1 Å². The number of likely N-dealkylation sites (N-methyl/N-ethyl adjacent to an activating group) is 1. The van der Waals surface area contributed by atoms with Gasteiger partial charge in [-0.05, 0) is 26.1 Å². The Hall–Kier alpha value is -1.39. The molecule has 0 aliphatic carbocycles. The van der Waals surface area contributed by atoms with Gasteiger partial charge in [-0.25, -0.2) is 0 Å². The molecule has 0 spiro atoms. The SMILES string of the molecule is CCCCC(CN)NC(=O)C(c1ccccc1)N(C)C. The fourth-order valence-electron chi connectivity index (χ4n) is 2.30. The molecule has 2 unspecified atom stereocenters. The lowest BCUT2D eigenvalue weighted by Gasteiger charge is -2.26. The summed E-state index contributed by atoms with van der Waals surface area (Å²) in [6.45, 7) is 2.63. The van der Waals surface area contributed by atoms with Crippen LogP contribution in [0.2, 0.25) is 0 Å². The fraction of sp³-hybridized carbons (Fsp3) is 0.562. The number of carbonyl (C=O) groups is 1. The standard InChI is InChI=1S/C16H27N3O/c1-4-5-11-14(12-17)18-16(20)15(19(2)3)13-9-7-6-8-10-13/h6-10,14-15H,4-5,11-12,17H2,1-3H3,(H,18,20). The summed E-state index contributed by atoms with van der Waals surface area (Å²) in [6.07, 6.45) is 3.13. The molecule has 20 heavy (non-hydrogen) atoms. The first-order valence-electron chi connectivity index (χ1n) is 7.32. The van der Waals surface area contributed by atoms with Gasteiger partial charge in [-0.3, -0.25) is 9.69 Å². The van der Waals surface area contributed by atoms with E-state index in [-0.39, 0.29) is 18.0 Å². The molecule has 0 aromatic heterocycles. The maximum Gasteiger partial charge on any atom is 0.242 e.